The van der Waals surface area contributed by atoms with Crippen LogP contribution in [0.3, 0.4) is 0 Å². The molecule has 2 fully saturated rings. The number of rotatable bonds is 6. The van der Waals surface area contributed by atoms with E-state index < -0.39 is 54.3 Å². The number of fused-ring (bicyclic) bond motifs is 1. The van der Waals surface area contributed by atoms with Crippen molar-refractivity contribution >= 4 is 23.9 Å². The molecule has 3 amide bonds. The number of halogens is 3. The first-order valence-corrected chi connectivity index (χ1v) is 9.52. The first-order chi connectivity index (χ1) is 15.3. The SMILES string of the molecule is O=C([O-])[C@@H](O)[C@H](O)C(=O)O.O=C1N(CC(F)(F)F)C(=O)[C@]2(Cc3ccccn3)C[NH2+]CCN12. The maximum absolute atomic E-state index is 12.7. The minimum absolute atomic E-state index is 0.114. The number of hydrogen-bond donors (Lipinski definition) is 4. The Morgan fingerprint density at radius 1 is 1.24 bits per heavy atom. The third kappa shape index (κ3) is 5.94. The van der Waals surface area contributed by atoms with E-state index >= 15 is 0 Å². The molecule has 1 aromatic rings. The zero-order valence-corrected chi connectivity index (χ0v) is 16.9. The summed E-state index contributed by atoms with van der Waals surface area (Å²) < 4.78 is 38.1. The molecule has 0 aromatic carbocycles. The molecule has 33 heavy (non-hydrogen) atoms. The van der Waals surface area contributed by atoms with Crippen molar-refractivity contribution in [3.05, 3.63) is 30.1 Å². The number of aliphatic hydroxyl groups is 2. The Morgan fingerprint density at radius 3 is 2.39 bits per heavy atom. The normalized spacial score (nSPS) is 22.2. The van der Waals surface area contributed by atoms with Crippen LogP contribution < -0.4 is 10.4 Å². The first kappa shape index (κ1) is 26.0. The summed E-state index contributed by atoms with van der Waals surface area (Å²) >= 11 is 0. The quantitative estimate of drug-likeness (QED) is 0.299. The van der Waals surface area contributed by atoms with Crippen LogP contribution in [0.15, 0.2) is 24.4 Å². The Balaban J connectivity index is 0.000000328. The summed E-state index contributed by atoms with van der Waals surface area (Å²) in [5.41, 5.74) is -0.711. The lowest BCUT2D eigenvalue weighted by Gasteiger charge is -2.36. The number of aromatic nitrogens is 1. The number of hydrogen-bond acceptors (Lipinski definition) is 8. The van der Waals surface area contributed by atoms with Gasteiger partial charge in [-0.25, -0.2) is 9.59 Å². The highest BCUT2D eigenvalue weighted by Crippen LogP contribution is 2.33. The van der Waals surface area contributed by atoms with Crippen molar-refractivity contribution in [3.8, 4) is 0 Å². The first-order valence-electron chi connectivity index (χ1n) is 9.52. The van der Waals surface area contributed by atoms with E-state index in [0.29, 0.717) is 17.1 Å². The number of amides is 3. The van der Waals surface area contributed by atoms with E-state index in [1.54, 1.807) is 24.4 Å². The van der Waals surface area contributed by atoms with Crippen molar-refractivity contribution in [3.63, 3.8) is 0 Å². The summed E-state index contributed by atoms with van der Waals surface area (Å²) in [5.74, 6) is -4.62. The lowest BCUT2D eigenvalue weighted by molar-refractivity contribution is -0.671. The molecule has 3 heterocycles. The Morgan fingerprint density at radius 2 is 1.91 bits per heavy atom. The van der Waals surface area contributed by atoms with Crippen molar-refractivity contribution in [1.82, 2.24) is 14.8 Å². The lowest BCUT2D eigenvalue weighted by atomic mass is 9.89. The van der Waals surface area contributed by atoms with Crippen LogP contribution in [0.5, 0.6) is 0 Å². The highest BCUT2D eigenvalue weighted by atomic mass is 19.4. The van der Waals surface area contributed by atoms with E-state index in [9.17, 15) is 37.5 Å². The van der Waals surface area contributed by atoms with Crippen LogP contribution in [0.25, 0.3) is 0 Å². The van der Waals surface area contributed by atoms with Gasteiger partial charge in [-0.15, -0.1) is 0 Å². The summed E-state index contributed by atoms with van der Waals surface area (Å²) in [6, 6.07) is 4.29. The van der Waals surface area contributed by atoms with Crippen molar-refractivity contribution in [2.45, 2.75) is 30.3 Å². The van der Waals surface area contributed by atoms with Gasteiger partial charge in [-0.1, -0.05) is 6.07 Å². The highest BCUT2D eigenvalue weighted by molar-refractivity contribution is 6.07. The molecule has 0 spiro atoms. The molecule has 182 valence electrons. The van der Waals surface area contributed by atoms with Gasteiger partial charge in [-0.2, -0.15) is 13.2 Å². The number of pyridine rings is 1. The number of nitrogens with two attached hydrogens (primary N) is 1. The minimum atomic E-state index is -4.62. The van der Waals surface area contributed by atoms with E-state index in [4.69, 9.17) is 15.3 Å². The number of carboxylic acid groups (broad SMARTS) is 2. The summed E-state index contributed by atoms with van der Waals surface area (Å²) in [6.45, 7) is -0.512. The van der Waals surface area contributed by atoms with Crippen LogP contribution in [0, 0.1) is 0 Å². The molecule has 15 heteroatoms. The van der Waals surface area contributed by atoms with Crippen molar-refractivity contribution in [2.75, 3.05) is 26.2 Å². The Bertz CT molecular complexity index is 882. The molecular formula is C18H21F3N4O8. The summed E-state index contributed by atoms with van der Waals surface area (Å²) in [5, 5.41) is 36.0. The monoisotopic (exact) mass is 478 g/mol. The fraction of sp³-hybridized carbons (Fsp3) is 0.500. The number of nitrogens with zero attached hydrogens (tertiary/aromatic N) is 3. The summed E-state index contributed by atoms with van der Waals surface area (Å²) in [6.07, 6.45) is -7.65. The number of aliphatic carboxylic acids is 2. The molecular weight excluding hydrogens is 457 g/mol. The fourth-order valence-corrected chi connectivity index (χ4v) is 3.48. The second-order valence-corrected chi connectivity index (χ2v) is 7.30. The standard InChI is InChI=1S/C14H15F3N4O2.C4H6O6/c15-14(16,17)9-20-11(22)13(7-10-3-1-2-4-19-10)8-18-5-6-21(13)12(20)23;5-1(3(7)8)2(6)4(9)10/h1-4,18H,5-9H2;1-2,5-6H,(H,7,8)(H,9,10)/t13-;1-,2-/m00/s1. The molecule has 3 rings (SSSR count). The Hall–Kier alpha value is -3.30. The highest BCUT2D eigenvalue weighted by Gasteiger charge is 2.61. The molecule has 2 aliphatic rings. The van der Waals surface area contributed by atoms with Crippen LogP contribution in [0.2, 0.25) is 0 Å². The molecule has 1 aromatic heterocycles. The molecule has 0 bridgehead atoms. The number of imide groups is 1. The predicted molar refractivity (Wildman–Crippen MR) is 96.9 cm³/mol. The zero-order chi connectivity index (χ0) is 25.0. The molecule has 0 unspecified atom stereocenters. The minimum Gasteiger partial charge on any atom is -0.547 e. The van der Waals surface area contributed by atoms with Gasteiger partial charge in [0.2, 0.25) is 0 Å². The average molecular weight is 478 g/mol. The van der Waals surface area contributed by atoms with Crippen LogP contribution in [-0.2, 0) is 20.8 Å². The summed E-state index contributed by atoms with van der Waals surface area (Å²) in [4.78, 5) is 50.1. The van der Waals surface area contributed by atoms with Gasteiger partial charge in [0.05, 0.1) is 19.1 Å². The topological polar surface area (TPSA) is 188 Å². The van der Waals surface area contributed by atoms with Crippen molar-refractivity contribution in [2.24, 2.45) is 0 Å². The number of carbonyl (C=O) groups excluding carboxylic acids is 3. The molecule has 0 aliphatic carbocycles. The van der Waals surface area contributed by atoms with Crippen molar-refractivity contribution < 1.29 is 58.1 Å². The number of aliphatic hydroxyl groups excluding tert-OH is 2. The van der Waals surface area contributed by atoms with Crippen LogP contribution >= 0.6 is 0 Å². The second kappa shape index (κ2) is 10.1. The molecule has 2 saturated heterocycles. The number of urea groups is 1. The smallest absolute Gasteiger partial charge is 0.406 e. The molecule has 0 radical (unpaired) electrons. The average Bonchev–Trinajstić information content (AvgIpc) is 2.94. The van der Waals surface area contributed by atoms with Gasteiger partial charge in [-0.3, -0.25) is 19.6 Å². The Labute approximate surface area is 184 Å². The van der Waals surface area contributed by atoms with Crippen LogP contribution in [-0.4, -0.2) is 104 Å². The third-order valence-electron chi connectivity index (χ3n) is 4.99. The summed E-state index contributed by atoms with van der Waals surface area (Å²) in [7, 11) is 0. The lowest BCUT2D eigenvalue weighted by Crippen LogP contribution is -2.95. The van der Waals surface area contributed by atoms with Crippen molar-refractivity contribution in [1.29, 1.82) is 0 Å². The van der Waals surface area contributed by atoms with Gasteiger partial charge in [0, 0.05) is 18.3 Å². The van der Waals surface area contributed by atoms with Gasteiger partial charge < -0.3 is 30.5 Å². The molecule has 0 saturated carbocycles. The number of piperazine rings is 1. The maximum atomic E-state index is 12.7. The van der Waals surface area contributed by atoms with E-state index in [-0.39, 0.29) is 19.5 Å². The van der Waals surface area contributed by atoms with E-state index in [1.165, 1.54) is 4.90 Å². The number of quaternary nitrogens is 1. The molecule has 5 N–H and O–H groups in total. The van der Waals surface area contributed by atoms with Gasteiger partial charge in [0.15, 0.2) is 11.6 Å². The maximum Gasteiger partial charge on any atom is 0.406 e. The molecule has 12 nitrogen and oxygen atoms in total. The van der Waals surface area contributed by atoms with Gasteiger partial charge in [0.1, 0.15) is 19.2 Å². The number of carbonyl (C=O) groups is 4. The van der Waals surface area contributed by atoms with E-state index in [1.807, 2.05) is 5.32 Å². The molecule has 2 aliphatic heterocycles. The number of alkyl halides is 3. The third-order valence-corrected chi connectivity index (χ3v) is 4.99. The van der Waals surface area contributed by atoms with Crippen LogP contribution in [0.1, 0.15) is 5.69 Å². The van der Waals surface area contributed by atoms with Gasteiger partial charge >= 0.3 is 18.2 Å². The number of carboxylic acids is 2. The van der Waals surface area contributed by atoms with Crippen LogP contribution in [0.4, 0.5) is 18.0 Å². The van der Waals surface area contributed by atoms with Gasteiger partial charge in [0.25, 0.3) is 5.91 Å². The van der Waals surface area contributed by atoms with E-state index in [2.05, 4.69) is 4.98 Å². The largest absolute Gasteiger partial charge is 0.547 e. The second-order valence-electron chi connectivity index (χ2n) is 7.30. The predicted octanol–water partition coefficient (Wildman–Crippen LogP) is -3.69. The van der Waals surface area contributed by atoms with E-state index in [0.717, 1.165) is 0 Å². The zero-order valence-electron chi connectivity index (χ0n) is 16.9. The fourth-order valence-electron chi connectivity index (χ4n) is 3.48. The van der Waals surface area contributed by atoms with Gasteiger partial charge in [-0.05, 0) is 12.1 Å². The molecule has 3 atom stereocenters. The Kier molecular flexibility index (Phi) is 7.94.